The van der Waals surface area contributed by atoms with Gasteiger partial charge in [-0.3, -0.25) is 0 Å². The number of nitrogens with zero attached hydrogens (tertiary/aromatic N) is 1. The van der Waals surface area contributed by atoms with Crippen molar-refractivity contribution in [2.24, 2.45) is 0 Å². The quantitative estimate of drug-likeness (QED) is 0.788. The summed E-state index contributed by atoms with van der Waals surface area (Å²) in [5.41, 5.74) is 3.99. The summed E-state index contributed by atoms with van der Waals surface area (Å²) in [6.07, 6.45) is -2.92. The first-order valence-electron chi connectivity index (χ1n) is 3.84. The maximum atomic E-state index is 12.4. The smallest absolute Gasteiger partial charge is 0.354 e. The van der Waals surface area contributed by atoms with Crippen LogP contribution >= 0.6 is 11.6 Å². The van der Waals surface area contributed by atoms with Crippen molar-refractivity contribution in [3.8, 4) is 0 Å². The molecule has 1 aromatic rings. The average molecular weight is 237 g/mol. The highest BCUT2D eigenvalue weighted by atomic mass is 35.5. The minimum atomic E-state index is -2.92. The standard InChI is InChI=1S/C8H7ClF2N2O2/c9-2-3-1-4(8(14)15)13-6(5(3)12)7(10)11/h1,7H,2,12H2,(H,14,15). The van der Waals surface area contributed by atoms with Crippen LogP contribution in [0.5, 0.6) is 0 Å². The Labute approximate surface area is 88.7 Å². The molecule has 0 amide bonds. The number of carboxylic acid groups (broad SMARTS) is 1. The first-order valence-corrected chi connectivity index (χ1v) is 4.37. The van der Waals surface area contributed by atoms with Gasteiger partial charge >= 0.3 is 5.97 Å². The zero-order valence-electron chi connectivity index (χ0n) is 7.38. The van der Waals surface area contributed by atoms with E-state index in [1.165, 1.54) is 0 Å². The molecule has 3 N–H and O–H groups in total. The summed E-state index contributed by atoms with van der Waals surface area (Å²) in [6, 6.07) is 1.08. The minimum Gasteiger partial charge on any atom is -0.477 e. The highest BCUT2D eigenvalue weighted by Crippen LogP contribution is 2.27. The number of halogens is 3. The molecule has 0 fully saturated rings. The first-order chi connectivity index (χ1) is 6.97. The molecule has 1 rings (SSSR count). The lowest BCUT2D eigenvalue weighted by Crippen LogP contribution is -2.09. The molecule has 0 aliphatic heterocycles. The number of pyridine rings is 1. The zero-order valence-corrected chi connectivity index (χ0v) is 8.13. The van der Waals surface area contributed by atoms with Crippen molar-refractivity contribution >= 4 is 23.3 Å². The van der Waals surface area contributed by atoms with Crippen molar-refractivity contribution in [1.29, 1.82) is 0 Å². The van der Waals surface area contributed by atoms with Gasteiger partial charge in [-0.05, 0) is 11.6 Å². The van der Waals surface area contributed by atoms with Crippen LogP contribution in [0.4, 0.5) is 14.5 Å². The van der Waals surface area contributed by atoms with E-state index >= 15 is 0 Å². The van der Waals surface area contributed by atoms with Gasteiger partial charge in [0.2, 0.25) is 0 Å². The second-order valence-corrected chi connectivity index (χ2v) is 2.97. The fourth-order valence-corrected chi connectivity index (χ4v) is 1.24. The van der Waals surface area contributed by atoms with Crippen LogP contribution in [0.3, 0.4) is 0 Å². The number of nitrogens with two attached hydrogens (primary N) is 1. The molecule has 1 heterocycles. The maximum absolute atomic E-state index is 12.4. The van der Waals surface area contributed by atoms with Gasteiger partial charge in [0.25, 0.3) is 6.43 Å². The Morgan fingerprint density at radius 1 is 1.67 bits per heavy atom. The molecule has 0 aliphatic rings. The number of anilines is 1. The van der Waals surface area contributed by atoms with E-state index < -0.39 is 23.8 Å². The van der Waals surface area contributed by atoms with Crippen LogP contribution in [0.25, 0.3) is 0 Å². The normalized spacial score (nSPS) is 10.7. The Bertz CT molecular complexity index is 398. The zero-order chi connectivity index (χ0) is 11.6. The van der Waals surface area contributed by atoms with E-state index in [0.717, 1.165) is 6.07 Å². The molecular weight excluding hydrogens is 230 g/mol. The van der Waals surface area contributed by atoms with Gasteiger partial charge in [-0.2, -0.15) is 0 Å². The highest BCUT2D eigenvalue weighted by Gasteiger charge is 2.19. The molecule has 0 spiro atoms. The Balaban J connectivity index is 3.38. The molecule has 0 saturated carbocycles. The van der Waals surface area contributed by atoms with Crippen LogP contribution in [0, 0.1) is 0 Å². The summed E-state index contributed by atoms with van der Waals surface area (Å²) in [5.74, 6) is -1.54. The monoisotopic (exact) mass is 236 g/mol. The summed E-state index contributed by atoms with van der Waals surface area (Å²) in [4.78, 5) is 13.8. The number of hydrogen-bond acceptors (Lipinski definition) is 3. The van der Waals surface area contributed by atoms with Crippen LogP contribution in [0.15, 0.2) is 6.07 Å². The molecule has 0 aromatic carbocycles. The van der Waals surface area contributed by atoms with Crippen molar-refractivity contribution in [3.05, 3.63) is 23.0 Å². The van der Waals surface area contributed by atoms with Gasteiger partial charge in [-0.15, -0.1) is 11.6 Å². The van der Waals surface area contributed by atoms with Gasteiger partial charge in [0, 0.05) is 5.88 Å². The largest absolute Gasteiger partial charge is 0.477 e. The lowest BCUT2D eigenvalue weighted by Gasteiger charge is -2.08. The number of rotatable bonds is 3. The second kappa shape index (κ2) is 4.39. The Morgan fingerprint density at radius 2 is 2.27 bits per heavy atom. The molecule has 15 heavy (non-hydrogen) atoms. The van der Waals surface area contributed by atoms with E-state index in [4.69, 9.17) is 22.4 Å². The summed E-state index contributed by atoms with van der Waals surface area (Å²) in [6.45, 7) is 0. The second-order valence-electron chi connectivity index (χ2n) is 2.71. The van der Waals surface area contributed by atoms with Crippen molar-refractivity contribution < 1.29 is 18.7 Å². The molecule has 7 heteroatoms. The lowest BCUT2D eigenvalue weighted by molar-refractivity contribution is 0.0688. The SMILES string of the molecule is Nc1c(CCl)cc(C(=O)O)nc1C(F)F. The number of nitrogen functional groups attached to an aromatic ring is 1. The molecule has 0 aliphatic carbocycles. The molecule has 1 aromatic heterocycles. The predicted octanol–water partition coefficient (Wildman–Crippen LogP) is 2.04. The van der Waals surface area contributed by atoms with Crippen LogP contribution in [0.2, 0.25) is 0 Å². The van der Waals surface area contributed by atoms with Crippen molar-refractivity contribution in [1.82, 2.24) is 4.98 Å². The number of hydrogen-bond donors (Lipinski definition) is 2. The van der Waals surface area contributed by atoms with E-state index in [1.807, 2.05) is 0 Å². The third kappa shape index (κ3) is 2.33. The Kier molecular flexibility index (Phi) is 3.41. The van der Waals surface area contributed by atoms with Crippen molar-refractivity contribution in [3.63, 3.8) is 0 Å². The molecule has 0 unspecified atom stereocenters. The van der Waals surface area contributed by atoms with Gasteiger partial charge in [-0.1, -0.05) is 0 Å². The van der Waals surface area contributed by atoms with E-state index in [9.17, 15) is 13.6 Å². The number of alkyl halides is 3. The molecule has 0 radical (unpaired) electrons. The third-order valence-corrected chi connectivity index (χ3v) is 2.03. The summed E-state index contributed by atoms with van der Waals surface area (Å²) < 4.78 is 24.8. The van der Waals surface area contributed by atoms with Crippen LogP contribution in [-0.4, -0.2) is 16.1 Å². The fourth-order valence-electron chi connectivity index (χ4n) is 1.02. The summed E-state index contributed by atoms with van der Waals surface area (Å²) >= 11 is 5.44. The van der Waals surface area contributed by atoms with E-state index in [-0.39, 0.29) is 17.1 Å². The fraction of sp³-hybridized carbons (Fsp3) is 0.250. The van der Waals surface area contributed by atoms with Crippen molar-refractivity contribution in [2.75, 3.05) is 5.73 Å². The van der Waals surface area contributed by atoms with Crippen LogP contribution < -0.4 is 5.73 Å². The molecule has 82 valence electrons. The van der Waals surface area contributed by atoms with Crippen molar-refractivity contribution in [2.45, 2.75) is 12.3 Å². The van der Waals surface area contributed by atoms with Gasteiger partial charge in [0.1, 0.15) is 11.4 Å². The average Bonchev–Trinajstić information content (AvgIpc) is 2.17. The minimum absolute atomic E-state index is 0.138. The third-order valence-electron chi connectivity index (χ3n) is 1.74. The van der Waals surface area contributed by atoms with Gasteiger partial charge in [0.05, 0.1) is 5.69 Å². The summed E-state index contributed by atoms with van der Waals surface area (Å²) in [7, 11) is 0. The molecule has 0 saturated heterocycles. The Hall–Kier alpha value is -1.43. The molecule has 4 nitrogen and oxygen atoms in total. The number of aromatic carboxylic acids is 1. The van der Waals surface area contributed by atoms with Gasteiger partial charge in [-0.25, -0.2) is 18.6 Å². The van der Waals surface area contributed by atoms with E-state index in [0.29, 0.717) is 0 Å². The maximum Gasteiger partial charge on any atom is 0.354 e. The summed E-state index contributed by atoms with van der Waals surface area (Å²) in [5, 5.41) is 8.61. The highest BCUT2D eigenvalue weighted by molar-refractivity contribution is 6.17. The lowest BCUT2D eigenvalue weighted by atomic mass is 10.1. The van der Waals surface area contributed by atoms with Crippen LogP contribution in [-0.2, 0) is 5.88 Å². The van der Waals surface area contributed by atoms with E-state index in [1.54, 1.807) is 0 Å². The first kappa shape index (κ1) is 11.6. The molecule has 0 atom stereocenters. The number of carbonyl (C=O) groups is 1. The van der Waals surface area contributed by atoms with Gasteiger partial charge in [0.15, 0.2) is 0 Å². The Morgan fingerprint density at radius 3 is 2.67 bits per heavy atom. The topological polar surface area (TPSA) is 76.2 Å². The number of aromatic nitrogens is 1. The molecule has 0 bridgehead atoms. The number of carboxylic acids is 1. The van der Waals surface area contributed by atoms with E-state index in [2.05, 4.69) is 4.98 Å². The van der Waals surface area contributed by atoms with Gasteiger partial charge < -0.3 is 10.8 Å². The molecular formula is C8H7ClF2N2O2. The van der Waals surface area contributed by atoms with Crippen LogP contribution in [0.1, 0.15) is 28.2 Å². The predicted molar refractivity (Wildman–Crippen MR) is 50.1 cm³/mol.